The number of benzene rings is 1. The Hall–Kier alpha value is -5.25. The quantitative estimate of drug-likeness (QED) is 0.187. The number of amides is 4. The minimum absolute atomic E-state index is 0.0518. The highest BCUT2D eigenvalue weighted by atomic mass is 19.1. The molecule has 5 heterocycles. The summed E-state index contributed by atoms with van der Waals surface area (Å²) in [4.78, 5) is 66.0. The molecule has 4 amide bonds. The van der Waals surface area contributed by atoms with Crippen LogP contribution in [0.2, 0.25) is 0 Å². The third kappa shape index (κ3) is 9.22. The van der Waals surface area contributed by atoms with Gasteiger partial charge in [-0.05, 0) is 126 Å². The van der Waals surface area contributed by atoms with Gasteiger partial charge in [-0.2, -0.15) is 0 Å². The first-order chi connectivity index (χ1) is 28.2. The lowest BCUT2D eigenvalue weighted by Gasteiger charge is -2.41. The van der Waals surface area contributed by atoms with E-state index in [1.165, 1.54) is 17.2 Å². The van der Waals surface area contributed by atoms with Crippen molar-refractivity contribution in [2.24, 2.45) is 5.92 Å². The Kier molecular flexibility index (Phi) is 12.1. The molecule has 16 heteroatoms. The maximum atomic E-state index is 15.3. The Labute approximate surface area is 336 Å². The van der Waals surface area contributed by atoms with Crippen molar-refractivity contribution in [3.63, 3.8) is 0 Å². The molecule has 2 aliphatic carbocycles. The molecule has 0 radical (unpaired) electrons. The van der Waals surface area contributed by atoms with Crippen molar-refractivity contribution in [3.05, 3.63) is 59.9 Å². The van der Waals surface area contributed by atoms with Gasteiger partial charge in [-0.15, -0.1) is 0 Å². The van der Waals surface area contributed by atoms with Crippen LogP contribution in [0, 0.1) is 17.6 Å². The zero-order chi connectivity index (χ0) is 40.2. The van der Waals surface area contributed by atoms with Crippen LogP contribution in [0.3, 0.4) is 0 Å². The number of rotatable bonds is 10. The molecule has 5 fully saturated rings. The SMILES string of the molecule is O=C1CCC(Nc2ccc(C3CCN([C@H]4CC[C@H](NC(=O)[C@H]5CC[C@H](Nc6ncc(F)c(-c7ccnc(N8CCCOC8=O)c7)n6)CC5)CC4)CC3)c(F)c2)C(=O)N1. The van der Waals surface area contributed by atoms with Gasteiger partial charge in [-0.25, -0.2) is 28.5 Å². The van der Waals surface area contributed by atoms with E-state index in [4.69, 9.17) is 4.74 Å². The highest BCUT2D eigenvalue weighted by Crippen LogP contribution is 2.35. The summed E-state index contributed by atoms with van der Waals surface area (Å²) >= 11 is 0. The van der Waals surface area contributed by atoms with Crippen molar-refractivity contribution >= 4 is 41.3 Å². The number of anilines is 3. The first-order valence-corrected chi connectivity index (χ1v) is 20.8. The number of carbonyl (C=O) groups excluding carboxylic acids is 4. The minimum atomic E-state index is -0.582. The van der Waals surface area contributed by atoms with Crippen molar-refractivity contribution in [1.82, 2.24) is 30.5 Å². The molecular weight excluding hydrogens is 749 g/mol. The number of cyclic esters (lactones) is 1. The van der Waals surface area contributed by atoms with Crippen molar-refractivity contribution in [3.8, 4) is 11.3 Å². The molecule has 3 aliphatic heterocycles. The van der Waals surface area contributed by atoms with Crippen LogP contribution >= 0.6 is 0 Å². The van der Waals surface area contributed by atoms with Crippen molar-refractivity contribution in [2.45, 2.75) is 114 Å². The van der Waals surface area contributed by atoms with Crippen LogP contribution < -0.4 is 26.2 Å². The zero-order valence-corrected chi connectivity index (χ0v) is 32.6. The van der Waals surface area contributed by atoms with E-state index in [9.17, 15) is 23.6 Å². The van der Waals surface area contributed by atoms with E-state index in [2.05, 4.69) is 41.1 Å². The largest absolute Gasteiger partial charge is 0.449 e. The molecule has 1 unspecified atom stereocenters. The Bertz CT molecular complexity index is 2000. The predicted molar refractivity (Wildman–Crippen MR) is 212 cm³/mol. The van der Waals surface area contributed by atoms with E-state index in [1.54, 1.807) is 12.1 Å². The Balaban J connectivity index is 0.754. The lowest BCUT2D eigenvalue weighted by molar-refractivity contribution is -0.133. The number of hydrogen-bond acceptors (Lipinski definition) is 11. The van der Waals surface area contributed by atoms with E-state index in [0.29, 0.717) is 60.6 Å². The molecule has 4 N–H and O–H groups in total. The molecule has 58 heavy (non-hydrogen) atoms. The summed E-state index contributed by atoms with van der Waals surface area (Å²) in [6.45, 7) is 2.65. The molecule has 1 aromatic carbocycles. The standard InChI is InChI=1S/C42H51F2N9O5/c43-33-23-30(47-35-12-13-37(54)50-40(35)56)8-11-32(33)25-15-19-52(20-16-25)31-9-6-28(7-10-31)48-39(55)26-2-4-29(5-3-26)49-41-46-24-34(44)38(51-41)27-14-17-45-36(22-27)53-18-1-21-58-42(53)57/h8,11,14,17,22-26,28-29,31,35,47H,1-7,9-10,12-13,15-16,18-21H2,(H,48,55)(H,46,49,51)(H,50,54,56)/t26-,28-,29-,31-,35?. The van der Waals surface area contributed by atoms with Crippen LogP contribution in [-0.2, 0) is 19.1 Å². The highest BCUT2D eigenvalue weighted by molar-refractivity contribution is 6.01. The Morgan fingerprint density at radius 3 is 2.34 bits per heavy atom. The third-order valence-electron chi connectivity index (χ3n) is 12.6. The number of pyridine rings is 1. The second-order valence-electron chi connectivity index (χ2n) is 16.3. The normalized spacial score (nSPS) is 26.1. The summed E-state index contributed by atoms with van der Waals surface area (Å²) in [6, 6.07) is 8.51. The average molecular weight is 800 g/mol. The lowest BCUT2D eigenvalue weighted by atomic mass is 9.83. The molecule has 3 saturated heterocycles. The van der Waals surface area contributed by atoms with Gasteiger partial charge in [0.15, 0.2) is 5.82 Å². The van der Waals surface area contributed by atoms with Gasteiger partial charge in [0.05, 0.1) is 12.8 Å². The number of imide groups is 1. The van der Waals surface area contributed by atoms with Crippen LogP contribution in [0.15, 0.2) is 42.7 Å². The van der Waals surface area contributed by atoms with E-state index < -0.39 is 18.0 Å². The van der Waals surface area contributed by atoms with E-state index >= 15 is 4.39 Å². The average Bonchev–Trinajstić information content (AvgIpc) is 3.23. The summed E-state index contributed by atoms with van der Waals surface area (Å²) in [5.74, 6) is -0.628. The van der Waals surface area contributed by atoms with Crippen LogP contribution in [-0.4, -0.2) is 94.1 Å². The molecule has 14 nitrogen and oxygen atoms in total. The molecule has 2 saturated carbocycles. The van der Waals surface area contributed by atoms with Crippen LogP contribution in [0.1, 0.15) is 95.0 Å². The van der Waals surface area contributed by atoms with E-state index in [0.717, 1.165) is 83.5 Å². The molecule has 2 aromatic heterocycles. The van der Waals surface area contributed by atoms with Gasteiger partial charge in [0.2, 0.25) is 23.7 Å². The number of ether oxygens (including phenoxy) is 1. The fourth-order valence-electron chi connectivity index (χ4n) is 9.25. The van der Waals surface area contributed by atoms with Gasteiger partial charge in [0.1, 0.15) is 23.4 Å². The van der Waals surface area contributed by atoms with Gasteiger partial charge in [-0.3, -0.25) is 24.6 Å². The molecular formula is C42H51F2N9O5. The monoisotopic (exact) mass is 799 g/mol. The summed E-state index contributed by atoms with van der Waals surface area (Å²) in [6.07, 6.45) is 12.2. The highest BCUT2D eigenvalue weighted by Gasteiger charge is 2.33. The smallest absolute Gasteiger partial charge is 0.415 e. The van der Waals surface area contributed by atoms with Crippen LogP contribution in [0.25, 0.3) is 11.3 Å². The molecule has 0 bridgehead atoms. The number of likely N-dealkylation sites (tertiary alicyclic amines) is 1. The number of nitrogens with zero attached hydrogens (tertiary/aromatic N) is 5. The van der Waals surface area contributed by atoms with E-state index in [-0.39, 0.29) is 59.6 Å². The second-order valence-corrected chi connectivity index (χ2v) is 16.3. The fraction of sp³-hybridized carbons (Fsp3) is 0.548. The molecule has 5 aliphatic rings. The van der Waals surface area contributed by atoms with Crippen molar-refractivity contribution < 1.29 is 32.7 Å². The fourth-order valence-corrected chi connectivity index (χ4v) is 9.25. The molecule has 8 rings (SSSR count). The van der Waals surface area contributed by atoms with Crippen molar-refractivity contribution in [2.75, 3.05) is 41.8 Å². The first kappa shape index (κ1) is 39.6. The second kappa shape index (κ2) is 17.7. The number of nitrogens with one attached hydrogen (secondary N) is 4. The lowest BCUT2D eigenvalue weighted by Crippen LogP contribution is -2.47. The Morgan fingerprint density at radius 1 is 0.828 bits per heavy atom. The number of halogens is 2. The van der Waals surface area contributed by atoms with E-state index in [1.807, 2.05) is 12.1 Å². The van der Waals surface area contributed by atoms with Crippen LogP contribution in [0.4, 0.5) is 31.0 Å². The summed E-state index contributed by atoms with van der Waals surface area (Å²) in [7, 11) is 0. The number of hydrogen-bond donors (Lipinski definition) is 4. The first-order valence-electron chi connectivity index (χ1n) is 20.8. The molecule has 3 aromatic rings. The van der Waals surface area contributed by atoms with Gasteiger partial charge >= 0.3 is 6.09 Å². The molecule has 1 atom stereocenters. The summed E-state index contributed by atoms with van der Waals surface area (Å²) < 4.78 is 35.3. The topological polar surface area (TPSA) is 171 Å². The van der Waals surface area contributed by atoms with Crippen LogP contribution in [0.5, 0.6) is 0 Å². The number of piperidine rings is 2. The predicted octanol–water partition coefficient (Wildman–Crippen LogP) is 5.66. The molecule has 0 spiro atoms. The minimum Gasteiger partial charge on any atom is -0.449 e. The zero-order valence-electron chi connectivity index (χ0n) is 32.6. The number of aromatic nitrogens is 3. The van der Waals surface area contributed by atoms with Crippen molar-refractivity contribution in [1.29, 1.82) is 0 Å². The summed E-state index contributed by atoms with van der Waals surface area (Å²) in [5, 5.41) is 12.1. The maximum absolute atomic E-state index is 15.3. The third-order valence-corrected chi connectivity index (χ3v) is 12.6. The van der Waals surface area contributed by atoms with Gasteiger partial charge in [0.25, 0.3) is 0 Å². The van der Waals surface area contributed by atoms with Gasteiger partial charge < -0.3 is 25.6 Å². The van der Waals surface area contributed by atoms with Gasteiger partial charge in [-0.1, -0.05) is 6.07 Å². The number of carbonyl (C=O) groups is 4. The molecule has 308 valence electrons. The maximum Gasteiger partial charge on any atom is 0.415 e. The Morgan fingerprint density at radius 2 is 1.60 bits per heavy atom. The summed E-state index contributed by atoms with van der Waals surface area (Å²) in [5.41, 5.74) is 1.83. The van der Waals surface area contributed by atoms with Gasteiger partial charge in [0, 0.05) is 54.5 Å².